The smallest absolute Gasteiger partial charge is 0.337 e. The molecule has 4 nitrogen and oxygen atoms in total. The van der Waals surface area contributed by atoms with Gasteiger partial charge in [0.2, 0.25) is 0 Å². The molecule has 0 aromatic carbocycles. The SMILES string of the molecule is COC(=O)C1=C[C@H]2C(=O)O[C@@H]1[C@H]1CC=C[C@H]12. The molecule has 0 unspecified atom stereocenters. The van der Waals surface area contributed by atoms with Gasteiger partial charge in [0, 0.05) is 11.8 Å². The average Bonchev–Trinajstić information content (AvgIpc) is 2.78. The second-order valence-corrected chi connectivity index (χ2v) is 4.40. The fourth-order valence-corrected chi connectivity index (χ4v) is 2.92. The quantitative estimate of drug-likeness (QED) is 0.485. The highest BCUT2D eigenvalue weighted by atomic mass is 16.6. The summed E-state index contributed by atoms with van der Waals surface area (Å²) < 4.78 is 9.99. The van der Waals surface area contributed by atoms with E-state index in [0.717, 1.165) is 6.42 Å². The predicted molar refractivity (Wildman–Crippen MR) is 54.2 cm³/mol. The van der Waals surface area contributed by atoms with Crippen molar-refractivity contribution in [3.8, 4) is 0 Å². The minimum absolute atomic E-state index is 0.208. The van der Waals surface area contributed by atoms with Crippen molar-refractivity contribution in [1.82, 2.24) is 0 Å². The zero-order valence-electron chi connectivity index (χ0n) is 8.88. The number of rotatable bonds is 1. The van der Waals surface area contributed by atoms with Gasteiger partial charge in [-0.05, 0) is 6.42 Å². The summed E-state index contributed by atoms with van der Waals surface area (Å²) in [5.74, 6) is -0.470. The monoisotopic (exact) mass is 220 g/mol. The standard InChI is InChI=1S/C12H12O4/c1-15-11(13)9-5-8-6-3-2-4-7(6)10(9)16-12(8)14/h2-3,5-8,10H,4H2,1H3/t6-,7+,8-,10-/m1/s1. The lowest BCUT2D eigenvalue weighted by Crippen LogP contribution is -2.49. The van der Waals surface area contributed by atoms with E-state index in [9.17, 15) is 9.59 Å². The van der Waals surface area contributed by atoms with Gasteiger partial charge in [-0.25, -0.2) is 4.79 Å². The molecule has 4 aliphatic rings. The number of fused-ring (bicyclic) bond motifs is 1. The summed E-state index contributed by atoms with van der Waals surface area (Å²) in [4.78, 5) is 23.2. The molecule has 16 heavy (non-hydrogen) atoms. The van der Waals surface area contributed by atoms with Crippen LogP contribution in [0.4, 0.5) is 0 Å². The van der Waals surface area contributed by atoms with Crippen LogP contribution in [0.2, 0.25) is 0 Å². The fourth-order valence-electron chi connectivity index (χ4n) is 2.92. The van der Waals surface area contributed by atoms with E-state index in [1.165, 1.54) is 7.11 Å². The second-order valence-electron chi connectivity index (χ2n) is 4.40. The van der Waals surface area contributed by atoms with Crippen molar-refractivity contribution in [2.24, 2.45) is 17.8 Å². The molecule has 0 radical (unpaired) electrons. The van der Waals surface area contributed by atoms with Crippen LogP contribution < -0.4 is 0 Å². The number of methoxy groups -OCH3 is 1. The Bertz CT molecular complexity index is 421. The summed E-state index contributed by atoms with van der Waals surface area (Å²) in [5.41, 5.74) is 0.511. The summed E-state index contributed by atoms with van der Waals surface area (Å²) in [6.45, 7) is 0. The third-order valence-electron chi connectivity index (χ3n) is 3.67. The van der Waals surface area contributed by atoms with E-state index in [4.69, 9.17) is 9.47 Å². The van der Waals surface area contributed by atoms with E-state index in [2.05, 4.69) is 12.2 Å². The van der Waals surface area contributed by atoms with Crippen LogP contribution in [0, 0.1) is 17.8 Å². The largest absolute Gasteiger partial charge is 0.466 e. The zero-order chi connectivity index (χ0) is 11.3. The van der Waals surface area contributed by atoms with E-state index in [-0.39, 0.29) is 29.7 Å². The summed E-state index contributed by atoms with van der Waals surface area (Å²) >= 11 is 0. The lowest BCUT2D eigenvalue weighted by Gasteiger charge is -2.42. The van der Waals surface area contributed by atoms with E-state index < -0.39 is 6.10 Å². The molecule has 0 saturated carbocycles. The molecule has 0 aromatic heterocycles. The molecule has 0 amide bonds. The first-order valence-electron chi connectivity index (χ1n) is 5.39. The van der Waals surface area contributed by atoms with Crippen LogP contribution in [0.1, 0.15) is 6.42 Å². The number of allylic oxidation sites excluding steroid dienone is 2. The van der Waals surface area contributed by atoms with Crippen molar-refractivity contribution < 1.29 is 19.1 Å². The minimum atomic E-state index is -0.412. The predicted octanol–water partition coefficient (Wildman–Crippen LogP) is 0.833. The van der Waals surface area contributed by atoms with Crippen LogP contribution in [-0.4, -0.2) is 25.2 Å². The Kier molecular flexibility index (Phi) is 1.93. The van der Waals surface area contributed by atoms with Crippen LogP contribution in [0.5, 0.6) is 0 Å². The number of hydrogen-bond acceptors (Lipinski definition) is 4. The molecule has 2 bridgehead atoms. The Morgan fingerprint density at radius 2 is 2.38 bits per heavy atom. The molecule has 0 spiro atoms. The molecule has 0 aromatic rings. The topological polar surface area (TPSA) is 52.6 Å². The Morgan fingerprint density at radius 3 is 3.12 bits per heavy atom. The van der Waals surface area contributed by atoms with E-state index in [1.807, 2.05) is 0 Å². The normalized spacial score (nSPS) is 39.1. The van der Waals surface area contributed by atoms with Gasteiger partial charge in [0.1, 0.15) is 6.10 Å². The Labute approximate surface area is 92.9 Å². The molecule has 2 heterocycles. The third kappa shape index (κ3) is 1.10. The van der Waals surface area contributed by atoms with Crippen molar-refractivity contribution in [2.45, 2.75) is 12.5 Å². The Morgan fingerprint density at radius 1 is 1.56 bits per heavy atom. The molecule has 1 saturated heterocycles. The molecular formula is C12H12O4. The number of esters is 2. The first kappa shape index (κ1) is 9.63. The van der Waals surface area contributed by atoms with Crippen LogP contribution >= 0.6 is 0 Å². The van der Waals surface area contributed by atoms with Gasteiger partial charge in [0.15, 0.2) is 0 Å². The highest BCUT2D eigenvalue weighted by Crippen LogP contribution is 2.47. The van der Waals surface area contributed by atoms with E-state index in [1.54, 1.807) is 6.08 Å². The second kappa shape index (κ2) is 3.20. The summed E-state index contributed by atoms with van der Waals surface area (Å²) in [5, 5.41) is 0. The number of ether oxygens (including phenoxy) is 2. The van der Waals surface area contributed by atoms with Crippen molar-refractivity contribution in [1.29, 1.82) is 0 Å². The molecule has 84 valence electrons. The molecule has 0 N–H and O–H groups in total. The van der Waals surface area contributed by atoms with Crippen LogP contribution in [0.15, 0.2) is 23.8 Å². The number of hydrogen-bond donors (Lipinski definition) is 0. The van der Waals surface area contributed by atoms with Crippen LogP contribution in [-0.2, 0) is 19.1 Å². The van der Waals surface area contributed by atoms with Gasteiger partial charge in [-0.3, -0.25) is 4.79 Å². The maximum absolute atomic E-state index is 11.6. The summed E-state index contributed by atoms with van der Waals surface area (Å²) in [6, 6.07) is 0. The van der Waals surface area contributed by atoms with Gasteiger partial charge in [0.25, 0.3) is 0 Å². The number of carbonyl (C=O) groups is 2. The van der Waals surface area contributed by atoms with Gasteiger partial charge in [-0.1, -0.05) is 18.2 Å². The summed E-state index contributed by atoms with van der Waals surface area (Å²) in [6.07, 6.45) is 6.30. The van der Waals surface area contributed by atoms with Gasteiger partial charge in [-0.2, -0.15) is 0 Å². The van der Waals surface area contributed by atoms with Gasteiger partial charge < -0.3 is 9.47 Å². The highest BCUT2D eigenvalue weighted by Gasteiger charge is 2.52. The Balaban J connectivity index is 2.01. The van der Waals surface area contributed by atoms with E-state index in [0.29, 0.717) is 5.57 Å². The lowest BCUT2D eigenvalue weighted by atomic mass is 9.70. The first-order chi connectivity index (χ1) is 7.72. The van der Waals surface area contributed by atoms with Crippen molar-refractivity contribution in [2.75, 3.05) is 7.11 Å². The van der Waals surface area contributed by atoms with E-state index >= 15 is 0 Å². The molecule has 2 aliphatic heterocycles. The lowest BCUT2D eigenvalue weighted by molar-refractivity contribution is -0.167. The molecular weight excluding hydrogens is 208 g/mol. The fraction of sp³-hybridized carbons (Fsp3) is 0.500. The average molecular weight is 220 g/mol. The van der Waals surface area contributed by atoms with Gasteiger partial charge >= 0.3 is 11.9 Å². The highest BCUT2D eigenvalue weighted by molar-refractivity contribution is 5.94. The first-order valence-corrected chi connectivity index (χ1v) is 5.39. The van der Waals surface area contributed by atoms with Crippen molar-refractivity contribution in [3.63, 3.8) is 0 Å². The van der Waals surface area contributed by atoms with Crippen molar-refractivity contribution >= 4 is 11.9 Å². The zero-order valence-corrected chi connectivity index (χ0v) is 8.88. The third-order valence-corrected chi connectivity index (χ3v) is 3.67. The summed E-state index contributed by atoms with van der Waals surface area (Å²) in [7, 11) is 1.34. The molecule has 4 rings (SSSR count). The minimum Gasteiger partial charge on any atom is -0.466 e. The molecule has 2 aliphatic carbocycles. The van der Waals surface area contributed by atoms with Crippen molar-refractivity contribution in [3.05, 3.63) is 23.8 Å². The van der Waals surface area contributed by atoms with Gasteiger partial charge in [0.05, 0.1) is 18.6 Å². The van der Waals surface area contributed by atoms with Crippen LogP contribution in [0.25, 0.3) is 0 Å². The maximum Gasteiger partial charge on any atom is 0.337 e. The maximum atomic E-state index is 11.6. The molecule has 1 fully saturated rings. The Hall–Kier alpha value is -1.58. The molecule has 4 atom stereocenters. The van der Waals surface area contributed by atoms with Crippen LogP contribution in [0.3, 0.4) is 0 Å². The number of carbonyl (C=O) groups excluding carboxylic acids is 2. The molecule has 4 heteroatoms. The van der Waals surface area contributed by atoms with Gasteiger partial charge in [-0.15, -0.1) is 0 Å².